The van der Waals surface area contributed by atoms with Crippen molar-refractivity contribution < 1.29 is 14.5 Å². The number of carbonyl (C=O) groups is 2. The van der Waals surface area contributed by atoms with E-state index in [4.69, 9.17) is 0 Å². The molecule has 3 aromatic carbocycles. The van der Waals surface area contributed by atoms with Gasteiger partial charge in [0.1, 0.15) is 6.04 Å². The molecule has 0 saturated carbocycles. The van der Waals surface area contributed by atoms with Crippen LogP contribution in [0.1, 0.15) is 36.5 Å². The van der Waals surface area contributed by atoms with E-state index in [9.17, 15) is 19.7 Å². The van der Waals surface area contributed by atoms with Crippen LogP contribution in [-0.2, 0) is 9.59 Å². The van der Waals surface area contributed by atoms with Crippen molar-refractivity contribution >= 4 is 23.7 Å². The lowest BCUT2D eigenvalue weighted by Crippen LogP contribution is -2.50. The zero-order valence-electron chi connectivity index (χ0n) is 18.9. The van der Waals surface area contributed by atoms with Crippen LogP contribution in [0.25, 0.3) is 0 Å². The summed E-state index contributed by atoms with van der Waals surface area (Å²) in [6, 6.07) is 23.8. The van der Waals surface area contributed by atoms with Crippen molar-refractivity contribution in [1.29, 1.82) is 0 Å². The molecule has 3 rings (SSSR count). The molecule has 174 valence electrons. The lowest BCUT2D eigenvalue weighted by atomic mass is 9.89. The second kappa shape index (κ2) is 11.5. The highest BCUT2D eigenvalue weighted by molar-refractivity contribution is 5.93. The average molecular weight is 459 g/mol. The predicted octanol–water partition coefficient (Wildman–Crippen LogP) is 4.02. The van der Waals surface area contributed by atoms with Crippen LogP contribution in [0.5, 0.6) is 0 Å². The quantitative estimate of drug-likeness (QED) is 0.286. The number of amides is 2. The molecule has 0 saturated heterocycles. The number of hydrogen-bond acceptors (Lipinski definition) is 5. The molecule has 0 fully saturated rings. The maximum absolute atomic E-state index is 13.4. The first-order valence-corrected chi connectivity index (χ1v) is 10.8. The van der Waals surface area contributed by atoms with Gasteiger partial charge < -0.3 is 5.32 Å². The average Bonchev–Trinajstić information content (AvgIpc) is 2.84. The molecule has 0 aromatic heterocycles. The van der Waals surface area contributed by atoms with Gasteiger partial charge in [-0.2, -0.15) is 5.10 Å². The zero-order chi connectivity index (χ0) is 24.5. The lowest BCUT2D eigenvalue weighted by Gasteiger charge is -2.24. The van der Waals surface area contributed by atoms with E-state index in [2.05, 4.69) is 15.8 Å². The maximum Gasteiger partial charge on any atom is 0.269 e. The van der Waals surface area contributed by atoms with E-state index in [1.807, 2.05) is 74.5 Å². The number of nitrogens with zero attached hydrogens (tertiary/aromatic N) is 2. The van der Waals surface area contributed by atoms with Crippen molar-refractivity contribution in [2.24, 2.45) is 11.0 Å². The highest BCUT2D eigenvalue weighted by Crippen LogP contribution is 2.25. The number of nitro groups is 1. The number of rotatable bonds is 9. The fourth-order valence-corrected chi connectivity index (χ4v) is 3.48. The normalized spacial score (nSPS) is 12.0. The summed E-state index contributed by atoms with van der Waals surface area (Å²) in [4.78, 5) is 36.4. The molecular formula is C26H26N4O4. The molecule has 0 aliphatic rings. The van der Waals surface area contributed by atoms with Crippen LogP contribution in [0.2, 0.25) is 0 Å². The molecule has 0 heterocycles. The second-order valence-corrected chi connectivity index (χ2v) is 8.07. The van der Waals surface area contributed by atoms with E-state index in [1.54, 1.807) is 0 Å². The molecule has 34 heavy (non-hydrogen) atoms. The number of hydrogen-bond donors (Lipinski definition) is 2. The Kier molecular flexibility index (Phi) is 8.23. The van der Waals surface area contributed by atoms with Crippen molar-refractivity contribution in [3.05, 3.63) is 112 Å². The third kappa shape index (κ3) is 6.35. The Balaban J connectivity index is 1.72. The summed E-state index contributed by atoms with van der Waals surface area (Å²) in [7, 11) is 0. The van der Waals surface area contributed by atoms with Gasteiger partial charge in [0.25, 0.3) is 11.6 Å². The molecule has 0 bridgehead atoms. The highest BCUT2D eigenvalue weighted by Gasteiger charge is 2.29. The fraction of sp³-hybridized carbons (Fsp3) is 0.192. The van der Waals surface area contributed by atoms with Gasteiger partial charge in [0.05, 0.1) is 17.1 Å². The van der Waals surface area contributed by atoms with Gasteiger partial charge in [-0.1, -0.05) is 74.5 Å². The van der Waals surface area contributed by atoms with Gasteiger partial charge in [-0.3, -0.25) is 19.7 Å². The summed E-state index contributed by atoms with van der Waals surface area (Å²) in [6.07, 6.45) is 1.39. The number of nitrogens with one attached hydrogen (secondary N) is 2. The maximum atomic E-state index is 13.4. The topological polar surface area (TPSA) is 114 Å². The number of carbonyl (C=O) groups excluding carboxylic acids is 2. The van der Waals surface area contributed by atoms with E-state index >= 15 is 0 Å². The summed E-state index contributed by atoms with van der Waals surface area (Å²) in [5.74, 6) is -1.50. The molecule has 0 spiro atoms. The van der Waals surface area contributed by atoms with Crippen LogP contribution < -0.4 is 10.7 Å². The van der Waals surface area contributed by atoms with Gasteiger partial charge in [0.15, 0.2) is 0 Å². The lowest BCUT2D eigenvalue weighted by molar-refractivity contribution is -0.384. The van der Waals surface area contributed by atoms with Crippen molar-refractivity contribution in [2.45, 2.75) is 25.8 Å². The minimum atomic E-state index is -0.809. The summed E-state index contributed by atoms with van der Waals surface area (Å²) in [5, 5.41) is 17.6. The van der Waals surface area contributed by atoms with Gasteiger partial charge in [-0.25, -0.2) is 5.43 Å². The largest absolute Gasteiger partial charge is 0.343 e. The number of non-ortho nitro benzene ring substituents is 1. The van der Waals surface area contributed by atoms with Crippen LogP contribution >= 0.6 is 0 Å². The Morgan fingerprint density at radius 1 is 0.853 bits per heavy atom. The predicted molar refractivity (Wildman–Crippen MR) is 130 cm³/mol. The van der Waals surface area contributed by atoms with Crippen LogP contribution in [0.3, 0.4) is 0 Å². The summed E-state index contributed by atoms with van der Waals surface area (Å²) in [5.41, 5.74) is 4.66. The number of benzene rings is 3. The van der Waals surface area contributed by atoms with Gasteiger partial charge >= 0.3 is 0 Å². The number of nitro benzene ring substituents is 1. The molecule has 3 aromatic rings. The Morgan fingerprint density at radius 2 is 1.38 bits per heavy atom. The highest BCUT2D eigenvalue weighted by atomic mass is 16.6. The van der Waals surface area contributed by atoms with Crippen LogP contribution in [-0.4, -0.2) is 29.0 Å². The monoisotopic (exact) mass is 458 g/mol. The molecule has 2 amide bonds. The van der Waals surface area contributed by atoms with Gasteiger partial charge in [0, 0.05) is 12.1 Å². The molecule has 0 radical (unpaired) electrons. The van der Waals surface area contributed by atoms with Gasteiger partial charge in [-0.05, 0) is 34.7 Å². The SMILES string of the molecule is CC(C)[C@@H](NC(=O)C(c1ccccc1)c1ccccc1)C(=O)N/N=C\c1ccc([N+](=O)[O-])cc1. The molecule has 8 nitrogen and oxygen atoms in total. The van der Waals surface area contributed by atoms with Gasteiger partial charge in [-0.15, -0.1) is 0 Å². The Bertz CT molecular complexity index is 1110. The molecule has 0 aliphatic carbocycles. The third-order valence-electron chi connectivity index (χ3n) is 5.27. The Hall–Kier alpha value is -4.33. The molecule has 8 heteroatoms. The van der Waals surface area contributed by atoms with Crippen LogP contribution in [0, 0.1) is 16.0 Å². The fourth-order valence-electron chi connectivity index (χ4n) is 3.48. The van der Waals surface area contributed by atoms with Crippen molar-refractivity contribution in [1.82, 2.24) is 10.7 Å². The molecule has 2 N–H and O–H groups in total. The standard InChI is InChI=1S/C26H26N4O4/c1-18(2)24(26(32)29-27-17-19-13-15-22(16-14-19)30(33)34)28-25(31)23(20-9-5-3-6-10-20)21-11-7-4-8-12-21/h3-18,23-24H,1-2H3,(H,28,31)(H,29,32)/b27-17-/t24-/m1/s1. The van der Waals surface area contributed by atoms with Crippen LogP contribution in [0.4, 0.5) is 5.69 Å². The summed E-state index contributed by atoms with van der Waals surface area (Å²) >= 11 is 0. The molecule has 0 unspecified atom stereocenters. The zero-order valence-corrected chi connectivity index (χ0v) is 18.9. The van der Waals surface area contributed by atoms with Crippen molar-refractivity contribution in [3.63, 3.8) is 0 Å². The molecular weight excluding hydrogens is 432 g/mol. The van der Waals surface area contributed by atoms with Crippen molar-refractivity contribution in [3.8, 4) is 0 Å². The first-order valence-electron chi connectivity index (χ1n) is 10.8. The van der Waals surface area contributed by atoms with E-state index in [1.165, 1.54) is 30.5 Å². The van der Waals surface area contributed by atoms with E-state index in [0.717, 1.165) is 11.1 Å². The second-order valence-electron chi connectivity index (χ2n) is 8.07. The van der Waals surface area contributed by atoms with Crippen LogP contribution in [0.15, 0.2) is 90.0 Å². The minimum absolute atomic E-state index is 0.0323. The Labute approximate surface area is 197 Å². The van der Waals surface area contributed by atoms with E-state index < -0.39 is 22.8 Å². The molecule has 1 atom stereocenters. The molecule has 0 aliphatic heterocycles. The summed E-state index contributed by atoms with van der Waals surface area (Å²) < 4.78 is 0. The van der Waals surface area contributed by atoms with Crippen molar-refractivity contribution in [2.75, 3.05) is 0 Å². The van der Waals surface area contributed by atoms with E-state index in [-0.39, 0.29) is 17.5 Å². The third-order valence-corrected chi connectivity index (χ3v) is 5.27. The number of hydrazone groups is 1. The summed E-state index contributed by atoms with van der Waals surface area (Å²) in [6.45, 7) is 3.68. The first kappa shape index (κ1) is 24.3. The van der Waals surface area contributed by atoms with Gasteiger partial charge in [0.2, 0.25) is 5.91 Å². The smallest absolute Gasteiger partial charge is 0.269 e. The first-order chi connectivity index (χ1) is 16.4. The Morgan fingerprint density at radius 3 is 1.85 bits per heavy atom. The minimum Gasteiger partial charge on any atom is -0.343 e. The van der Waals surface area contributed by atoms with E-state index in [0.29, 0.717) is 5.56 Å².